The Bertz CT molecular complexity index is 524. The van der Waals surface area contributed by atoms with Crippen LogP contribution in [-0.2, 0) is 4.74 Å². The number of nitrogens with two attached hydrogens (primary N) is 1. The van der Waals surface area contributed by atoms with Crippen molar-refractivity contribution < 1.29 is 4.74 Å². The van der Waals surface area contributed by atoms with Crippen LogP contribution in [0.3, 0.4) is 0 Å². The number of allylic oxidation sites excluding steroid dienone is 5. The van der Waals surface area contributed by atoms with E-state index in [1.807, 2.05) is 25.2 Å². The minimum absolute atomic E-state index is 0.238. The monoisotopic (exact) mass is 392 g/mol. The molecule has 2 unspecified atom stereocenters. The van der Waals surface area contributed by atoms with E-state index < -0.39 is 0 Å². The Labute approximate surface area is 171 Å². The molecule has 0 spiro atoms. The van der Waals surface area contributed by atoms with Gasteiger partial charge in [0.25, 0.3) is 0 Å². The maximum Gasteiger partial charge on any atom is 0.0707 e. The highest BCUT2D eigenvalue weighted by molar-refractivity contribution is 6.29. The van der Waals surface area contributed by atoms with Crippen molar-refractivity contribution in [2.75, 3.05) is 26.7 Å². The predicted octanol–water partition coefficient (Wildman–Crippen LogP) is 5.39. The third-order valence-corrected chi connectivity index (χ3v) is 4.33. The molecule has 0 bridgehead atoms. The molecule has 0 aliphatic rings. The highest BCUT2D eigenvalue weighted by atomic mass is 35.5. The second-order valence-corrected chi connectivity index (χ2v) is 6.91. The highest BCUT2D eigenvalue weighted by Crippen LogP contribution is 2.22. The average Bonchev–Trinajstić information content (AvgIpc) is 2.68. The normalized spacial score (nSPS) is 13.7. The molecule has 1 rings (SSSR count). The second-order valence-electron chi connectivity index (χ2n) is 6.32. The van der Waals surface area contributed by atoms with Crippen LogP contribution in [0.2, 0.25) is 0 Å². The summed E-state index contributed by atoms with van der Waals surface area (Å²) >= 11 is 5.49. The number of hydrogen-bond acceptors (Lipinski definition) is 3. The third-order valence-electron chi connectivity index (χ3n) is 4.20. The Hall–Kier alpha value is -1.39. The van der Waals surface area contributed by atoms with Gasteiger partial charge in [0.05, 0.1) is 6.10 Å². The summed E-state index contributed by atoms with van der Waals surface area (Å²) in [5.41, 5.74) is 6.99. The molecule has 0 aliphatic carbocycles. The number of halogens is 1. The zero-order chi connectivity index (χ0) is 20.3. The van der Waals surface area contributed by atoms with Crippen molar-refractivity contribution in [3.05, 3.63) is 71.8 Å². The van der Waals surface area contributed by atoms with Gasteiger partial charge in [-0.2, -0.15) is 0 Å². The van der Waals surface area contributed by atoms with Gasteiger partial charge in [-0.3, -0.25) is 0 Å². The molecule has 0 amide bonds. The predicted molar refractivity (Wildman–Crippen MR) is 120 cm³/mol. The Kier molecular flexibility index (Phi) is 17.1. The summed E-state index contributed by atoms with van der Waals surface area (Å²) < 4.78 is 5.37. The second kappa shape index (κ2) is 18.0. The summed E-state index contributed by atoms with van der Waals surface area (Å²) in [5.74, 6) is 0.643. The van der Waals surface area contributed by atoms with Crippen LogP contribution in [0.15, 0.2) is 66.2 Å². The van der Waals surface area contributed by atoms with E-state index in [1.165, 1.54) is 18.4 Å². The van der Waals surface area contributed by atoms with E-state index in [0.29, 0.717) is 12.5 Å². The Morgan fingerprint density at radius 1 is 1.26 bits per heavy atom. The summed E-state index contributed by atoms with van der Waals surface area (Å²) in [5, 5.41) is 4.26. The van der Waals surface area contributed by atoms with Crippen molar-refractivity contribution in [2.24, 2.45) is 5.73 Å². The van der Waals surface area contributed by atoms with Crippen LogP contribution in [0.5, 0.6) is 0 Å². The van der Waals surface area contributed by atoms with Crippen molar-refractivity contribution in [1.82, 2.24) is 5.32 Å². The molecule has 0 aliphatic heterocycles. The van der Waals surface area contributed by atoms with Crippen molar-refractivity contribution in [3.8, 4) is 0 Å². The Morgan fingerprint density at radius 3 is 2.48 bits per heavy atom. The molecule has 3 N–H and O–H groups in total. The lowest BCUT2D eigenvalue weighted by molar-refractivity contribution is 0.0964. The molecule has 152 valence electrons. The van der Waals surface area contributed by atoms with Crippen LogP contribution in [0, 0.1) is 0 Å². The van der Waals surface area contributed by atoms with E-state index in [-0.39, 0.29) is 6.10 Å². The topological polar surface area (TPSA) is 47.3 Å². The fourth-order valence-corrected chi connectivity index (χ4v) is 2.70. The van der Waals surface area contributed by atoms with Gasteiger partial charge in [-0.25, -0.2) is 0 Å². The van der Waals surface area contributed by atoms with Gasteiger partial charge in [0.2, 0.25) is 0 Å². The molecule has 1 aromatic rings. The molecule has 0 saturated heterocycles. The van der Waals surface area contributed by atoms with Crippen LogP contribution in [0.25, 0.3) is 0 Å². The van der Waals surface area contributed by atoms with Gasteiger partial charge in [0.15, 0.2) is 0 Å². The van der Waals surface area contributed by atoms with Crippen molar-refractivity contribution >= 4 is 11.6 Å². The first-order chi connectivity index (χ1) is 13.1. The van der Waals surface area contributed by atoms with Gasteiger partial charge in [-0.15, -0.1) is 0 Å². The van der Waals surface area contributed by atoms with Crippen molar-refractivity contribution in [1.29, 1.82) is 0 Å². The Balaban J connectivity index is 0.000000713. The number of methoxy groups -OCH3 is 1. The number of ether oxygens (including phenoxy) is 1. The van der Waals surface area contributed by atoms with Crippen LogP contribution in [0.4, 0.5) is 0 Å². The summed E-state index contributed by atoms with van der Waals surface area (Å²) in [6.07, 6.45) is 10.7. The van der Waals surface area contributed by atoms with Gasteiger partial charge in [0.1, 0.15) is 0 Å². The SMILES string of the molecule is C=C/C=C\C=C(\C)Cl.CCC(CCNCC(CCN)OC)c1ccccc1. The maximum absolute atomic E-state index is 5.55. The van der Waals surface area contributed by atoms with E-state index in [1.54, 1.807) is 13.2 Å². The molecule has 2 atom stereocenters. The fraction of sp³-hybridized carbons (Fsp3) is 0.478. The first kappa shape index (κ1) is 25.6. The first-order valence-electron chi connectivity index (χ1n) is 9.68. The molecule has 0 saturated carbocycles. The smallest absolute Gasteiger partial charge is 0.0707 e. The quantitative estimate of drug-likeness (QED) is 0.370. The van der Waals surface area contributed by atoms with Gasteiger partial charge in [-0.1, -0.05) is 73.7 Å². The molecule has 0 fully saturated rings. The molecule has 0 aromatic heterocycles. The first-order valence-corrected chi connectivity index (χ1v) is 10.1. The number of nitrogens with one attached hydrogen (secondary N) is 1. The van der Waals surface area contributed by atoms with E-state index in [2.05, 4.69) is 49.2 Å². The standard InChI is InChI=1S/C16H28N2O.C7H9Cl/c1-3-14(15-7-5-4-6-8-15)10-12-18-13-16(19-2)9-11-17;1-3-4-5-6-7(2)8/h4-8,14,16,18H,3,9-13,17H2,1-2H3;3-6H,1H2,2H3/b;5-4-,7-6-. The summed E-state index contributed by atoms with van der Waals surface area (Å²) in [7, 11) is 1.75. The molecule has 4 heteroatoms. The average molecular weight is 393 g/mol. The van der Waals surface area contributed by atoms with Crippen LogP contribution in [0.1, 0.15) is 44.6 Å². The fourth-order valence-electron chi connectivity index (χ4n) is 2.63. The molecule has 0 radical (unpaired) electrons. The van der Waals surface area contributed by atoms with E-state index >= 15 is 0 Å². The van der Waals surface area contributed by atoms with Crippen molar-refractivity contribution in [2.45, 2.75) is 45.1 Å². The molecule has 1 aromatic carbocycles. The molecule has 0 heterocycles. The molecular formula is C23H37ClN2O. The van der Waals surface area contributed by atoms with E-state index in [4.69, 9.17) is 22.1 Å². The minimum Gasteiger partial charge on any atom is -0.380 e. The third kappa shape index (κ3) is 14.3. The van der Waals surface area contributed by atoms with Gasteiger partial charge < -0.3 is 15.8 Å². The lowest BCUT2D eigenvalue weighted by Gasteiger charge is -2.18. The zero-order valence-electron chi connectivity index (χ0n) is 17.2. The van der Waals surface area contributed by atoms with Gasteiger partial charge >= 0.3 is 0 Å². The lowest BCUT2D eigenvalue weighted by atomic mass is 9.93. The van der Waals surface area contributed by atoms with Gasteiger partial charge in [0, 0.05) is 18.7 Å². The highest BCUT2D eigenvalue weighted by Gasteiger charge is 2.09. The Morgan fingerprint density at radius 2 is 1.96 bits per heavy atom. The number of rotatable bonds is 12. The molecule has 27 heavy (non-hydrogen) atoms. The van der Waals surface area contributed by atoms with Gasteiger partial charge in [-0.05, 0) is 56.8 Å². The molecule has 3 nitrogen and oxygen atoms in total. The number of benzene rings is 1. The van der Waals surface area contributed by atoms with E-state index in [0.717, 1.165) is 24.5 Å². The number of hydrogen-bond donors (Lipinski definition) is 2. The largest absolute Gasteiger partial charge is 0.380 e. The molecular weight excluding hydrogens is 356 g/mol. The summed E-state index contributed by atoms with van der Waals surface area (Å²) in [6, 6.07) is 10.8. The van der Waals surface area contributed by atoms with Crippen LogP contribution < -0.4 is 11.1 Å². The van der Waals surface area contributed by atoms with Crippen LogP contribution >= 0.6 is 11.6 Å². The summed E-state index contributed by atoms with van der Waals surface area (Å²) in [6.45, 7) is 10.2. The van der Waals surface area contributed by atoms with Crippen molar-refractivity contribution in [3.63, 3.8) is 0 Å². The maximum atomic E-state index is 5.55. The zero-order valence-corrected chi connectivity index (χ0v) is 17.9. The van der Waals surface area contributed by atoms with Crippen LogP contribution in [-0.4, -0.2) is 32.8 Å². The lowest BCUT2D eigenvalue weighted by Crippen LogP contribution is -2.31. The minimum atomic E-state index is 0.238. The van der Waals surface area contributed by atoms with E-state index in [9.17, 15) is 0 Å². The summed E-state index contributed by atoms with van der Waals surface area (Å²) in [4.78, 5) is 0.